The summed E-state index contributed by atoms with van der Waals surface area (Å²) >= 11 is 0. The third kappa shape index (κ3) is 2.88. The number of rotatable bonds is 4. The molecule has 0 aliphatic rings. The molecule has 1 aromatic carbocycles. The van der Waals surface area contributed by atoms with Crippen LogP contribution in [-0.4, -0.2) is 18.6 Å². The van der Waals surface area contributed by atoms with E-state index in [0.717, 1.165) is 0 Å². The summed E-state index contributed by atoms with van der Waals surface area (Å²) in [6, 6.07) is 6.18. The molecular formula is C14H20FNO2. The Hall–Kier alpha value is -1.42. The average molecular weight is 253 g/mol. The van der Waals surface area contributed by atoms with E-state index in [1.807, 2.05) is 20.8 Å². The van der Waals surface area contributed by atoms with Crippen LogP contribution in [0.25, 0.3) is 0 Å². The summed E-state index contributed by atoms with van der Waals surface area (Å²) < 4.78 is 18.1. The predicted molar refractivity (Wildman–Crippen MR) is 68.7 cm³/mol. The molecule has 0 aliphatic carbocycles. The molecule has 0 radical (unpaired) electrons. The van der Waals surface area contributed by atoms with E-state index in [2.05, 4.69) is 0 Å². The van der Waals surface area contributed by atoms with Gasteiger partial charge in [0.15, 0.2) is 0 Å². The first-order chi connectivity index (χ1) is 8.20. The summed E-state index contributed by atoms with van der Waals surface area (Å²) in [6.07, 6.45) is 0.108. The van der Waals surface area contributed by atoms with Crippen LogP contribution in [-0.2, 0) is 14.9 Å². The lowest BCUT2D eigenvalue weighted by atomic mass is 9.66. The second-order valence-corrected chi connectivity index (χ2v) is 5.32. The molecule has 0 saturated heterocycles. The van der Waals surface area contributed by atoms with Gasteiger partial charge in [0, 0.05) is 11.0 Å². The van der Waals surface area contributed by atoms with Crippen LogP contribution in [0, 0.1) is 5.82 Å². The molecule has 0 spiro atoms. The molecule has 1 aromatic rings. The summed E-state index contributed by atoms with van der Waals surface area (Å²) in [7, 11) is 1.33. The van der Waals surface area contributed by atoms with E-state index in [1.165, 1.54) is 19.2 Å². The van der Waals surface area contributed by atoms with E-state index in [-0.39, 0.29) is 18.2 Å². The Morgan fingerprint density at radius 2 is 2.00 bits per heavy atom. The molecule has 100 valence electrons. The number of nitrogens with two attached hydrogens (primary N) is 1. The molecular weight excluding hydrogens is 233 g/mol. The Balaban J connectivity index is 3.25. The molecule has 2 N–H and O–H groups in total. The third-order valence-corrected chi connectivity index (χ3v) is 3.61. The van der Waals surface area contributed by atoms with Crippen LogP contribution in [0.4, 0.5) is 4.39 Å². The minimum Gasteiger partial charge on any atom is -0.469 e. The Morgan fingerprint density at radius 1 is 1.39 bits per heavy atom. The lowest BCUT2D eigenvalue weighted by Gasteiger charge is -2.41. The fourth-order valence-electron chi connectivity index (χ4n) is 1.89. The van der Waals surface area contributed by atoms with Gasteiger partial charge < -0.3 is 10.5 Å². The zero-order valence-electron chi connectivity index (χ0n) is 11.3. The molecule has 0 heterocycles. The highest BCUT2D eigenvalue weighted by Gasteiger charge is 2.42. The van der Waals surface area contributed by atoms with Gasteiger partial charge in [0.25, 0.3) is 0 Å². The van der Waals surface area contributed by atoms with Crippen molar-refractivity contribution < 1.29 is 13.9 Å². The Bertz CT molecular complexity index is 440. The summed E-state index contributed by atoms with van der Waals surface area (Å²) in [5.74, 6) is -0.701. The van der Waals surface area contributed by atoms with Crippen molar-refractivity contribution in [3.63, 3.8) is 0 Å². The molecule has 0 amide bonds. The van der Waals surface area contributed by atoms with E-state index in [9.17, 15) is 9.18 Å². The molecule has 1 unspecified atom stereocenters. The number of hydrogen-bond acceptors (Lipinski definition) is 3. The third-order valence-electron chi connectivity index (χ3n) is 3.61. The lowest BCUT2D eigenvalue weighted by Crippen LogP contribution is -2.53. The molecule has 0 aliphatic heterocycles. The van der Waals surface area contributed by atoms with E-state index in [0.29, 0.717) is 5.56 Å². The van der Waals surface area contributed by atoms with Crippen molar-refractivity contribution in [2.24, 2.45) is 5.73 Å². The van der Waals surface area contributed by atoms with Crippen molar-refractivity contribution in [1.29, 1.82) is 0 Å². The largest absolute Gasteiger partial charge is 0.469 e. The number of ether oxygens (including phenoxy) is 1. The highest BCUT2D eigenvalue weighted by molar-refractivity contribution is 5.71. The zero-order chi connectivity index (χ0) is 14.0. The van der Waals surface area contributed by atoms with Crippen LogP contribution >= 0.6 is 0 Å². The highest BCUT2D eigenvalue weighted by atomic mass is 19.1. The van der Waals surface area contributed by atoms with Crippen LogP contribution in [0.5, 0.6) is 0 Å². The van der Waals surface area contributed by atoms with Crippen LogP contribution in [0.2, 0.25) is 0 Å². The molecule has 18 heavy (non-hydrogen) atoms. The summed E-state index contributed by atoms with van der Waals surface area (Å²) in [4.78, 5) is 11.6. The van der Waals surface area contributed by atoms with E-state index in [1.54, 1.807) is 12.1 Å². The molecule has 1 rings (SSSR count). The van der Waals surface area contributed by atoms with Crippen molar-refractivity contribution in [2.45, 2.75) is 38.1 Å². The molecule has 3 nitrogen and oxygen atoms in total. The second-order valence-electron chi connectivity index (χ2n) is 5.32. The molecule has 0 aromatic heterocycles. The number of benzene rings is 1. The van der Waals surface area contributed by atoms with Gasteiger partial charge in [-0.2, -0.15) is 0 Å². The van der Waals surface area contributed by atoms with Crippen LogP contribution in [0.1, 0.15) is 32.8 Å². The lowest BCUT2D eigenvalue weighted by molar-refractivity contribution is -0.142. The molecule has 4 heteroatoms. The standard InChI is InChI=1S/C14H20FNO2/c1-13(2,16)14(3,9-12(17)18-4)10-6-5-7-11(15)8-10/h5-8H,9,16H2,1-4H3. The van der Waals surface area contributed by atoms with Gasteiger partial charge in [0.1, 0.15) is 5.82 Å². The van der Waals surface area contributed by atoms with Gasteiger partial charge in [-0.05, 0) is 31.5 Å². The van der Waals surface area contributed by atoms with Gasteiger partial charge in [-0.15, -0.1) is 0 Å². The first-order valence-electron chi connectivity index (χ1n) is 5.82. The number of carbonyl (C=O) groups is 1. The number of hydrogen-bond donors (Lipinski definition) is 1. The monoisotopic (exact) mass is 253 g/mol. The first kappa shape index (κ1) is 14.6. The molecule has 1 atom stereocenters. The SMILES string of the molecule is COC(=O)CC(C)(c1cccc(F)c1)C(C)(C)N. The van der Waals surface area contributed by atoms with Gasteiger partial charge >= 0.3 is 5.97 Å². The molecule has 0 saturated carbocycles. The summed E-state index contributed by atoms with van der Waals surface area (Å²) in [5, 5.41) is 0. The fraction of sp³-hybridized carbons (Fsp3) is 0.500. The minimum atomic E-state index is -0.692. The molecule has 0 fully saturated rings. The highest BCUT2D eigenvalue weighted by Crippen LogP contribution is 2.37. The maximum Gasteiger partial charge on any atom is 0.306 e. The Morgan fingerprint density at radius 3 is 2.44 bits per heavy atom. The van der Waals surface area contributed by atoms with Gasteiger partial charge in [-0.25, -0.2) is 4.39 Å². The number of halogens is 1. The van der Waals surface area contributed by atoms with E-state index < -0.39 is 11.0 Å². The Labute approximate surface area is 107 Å². The van der Waals surface area contributed by atoms with Crippen LogP contribution < -0.4 is 5.73 Å². The van der Waals surface area contributed by atoms with Crippen molar-refractivity contribution in [2.75, 3.05) is 7.11 Å². The van der Waals surface area contributed by atoms with Gasteiger partial charge in [0.2, 0.25) is 0 Å². The van der Waals surface area contributed by atoms with Gasteiger partial charge in [-0.1, -0.05) is 19.1 Å². The quantitative estimate of drug-likeness (QED) is 0.838. The van der Waals surface area contributed by atoms with Crippen molar-refractivity contribution in [3.8, 4) is 0 Å². The number of esters is 1. The normalized spacial score (nSPS) is 15.0. The smallest absolute Gasteiger partial charge is 0.306 e. The summed E-state index contributed by atoms with van der Waals surface area (Å²) in [6.45, 7) is 5.49. The maximum atomic E-state index is 13.3. The second kappa shape index (κ2) is 5.06. The predicted octanol–water partition coefficient (Wildman–Crippen LogP) is 2.38. The van der Waals surface area contributed by atoms with Crippen molar-refractivity contribution >= 4 is 5.97 Å². The van der Waals surface area contributed by atoms with E-state index in [4.69, 9.17) is 10.5 Å². The molecule has 0 bridgehead atoms. The zero-order valence-corrected chi connectivity index (χ0v) is 11.3. The topological polar surface area (TPSA) is 52.3 Å². The number of carbonyl (C=O) groups excluding carboxylic acids is 1. The average Bonchev–Trinajstić information content (AvgIpc) is 2.27. The van der Waals surface area contributed by atoms with Crippen molar-refractivity contribution in [3.05, 3.63) is 35.6 Å². The fourth-order valence-corrected chi connectivity index (χ4v) is 1.89. The van der Waals surface area contributed by atoms with Crippen molar-refractivity contribution in [1.82, 2.24) is 0 Å². The maximum absolute atomic E-state index is 13.3. The van der Waals surface area contributed by atoms with Crippen LogP contribution in [0.3, 0.4) is 0 Å². The van der Waals surface area contributed by atoms with Gasteiger partial charge in [-0.3, -0.25) is 4.79 Å². The van der Waals surface area contributed by atoms with Crippen LogP contribution in [0.15, 0.2) is 24.3 Å². The number of methoxy groups -OCH3 is 1. The minimum absolute atomic E-state index is 0.108. The summed E-state index contributed by atoms with van der Waals surface area (Å²) in [5.41, 5.74) is 5.49. The first-order valence-corrected chi connectivity index (χ1v) is 5.82. The Kier molecular flexibility index (Phi) is 4.12. The van der Waals surface area contributed by atoms with E-state index >= 15 is 0 Å². The van der Waals surface area contributed by atoms with Gasteiger partial charge in [0.05, 0.1) is 13.5 Å².